The summed E-state index contributed by atoms with van der Waals surface area (Å²) >= 11 is 1.75. The number of carbonyl (C=O) groups is 1. The number of piperidine rings is 1. The van der Waals surface area contributed by atoms with Crippen molar-refractivity contribution in [2.24, 2.45) is 5.73 Å². The zero-order valence-electron chi connectivity index (χ0n) is 13.4. The lowest BCUT2D eigenvalue weighted by atomic mass is 9.98. The van der Waals surface area contributed by atoms with Crippen LogP contribution in [0.15, 0.2) is 0 Å². The van der Waals surface area contributed by atoms with Crippen molar-refractivity contribution in [1.82, 2.24) is 15.1 Å². The lowest BCUT2D eigenvalue weighted by Crippen LogP contribution is -2.57. The number of hydrogen-bond donors (Lipinski definition) is 2. The molecular formula is C15H30N4OS. The van der Waals surface area contributed by atoms with E-state index in [0.717, 1.165) is 44.9 Å². The largest absolute Gasteiger partial charge is 0.339 e. The van der Waals surface area contributed by atoms with Gasteiger partial charge in [-0.3, -0.25) is 9.69 Å². The number of piperazine rings is 1. The van der Waals surface area contributed by atoms with Gasteiger partial charge in [-0.05, 0) is 44.7 Å². The number of amides is 1. The van der Waals surface area contributed by atoms with Gasteiger partial charge in [0.05, 0.1) is 6.04 Å². The third kappa shape index (κ3) is 4.84. The van der Waals surface area contributed by atoms with Crippen molar-refractivity contribution in [3.63, 3.8) is 0 Å². The van der Waals surface area contributed by atoms with E-state index in [4.69, 9.17) is 5.73 Å². The average molecular weight is 314 g/mol. The number of nitrogens with two attached hydrogens (primary N) is 1. The predicted molar refractivity (Wildman–Crippen MR) is 89.6 cm³/mol. The number of hydrogen-bond acceptors (Lipinski definition) is 5. The van der Waals surface area contributed by atoms with Crippen molar-refractivity contribution in [2.45, 2.75) is 44.3 Å². The monoisotopic (exact) mass is 314 g/mol. The normalized spacial score (nSPS) is 29.4. The minimum absolute atomic E-state index is 0.141. The van der Waals surface area contributed by atoms with Crippen molar-refractivity contribution >= 4 is 17.7 Å². The Morgan fingerprint density at radius 2 is 2.10 bits per heavy atom. The molecule has 0 bridgehead atoms. The van der Waals surface area contributed by atoms with E-state index in [1.807, 2.05) is 4.90 Å². The summed E-state index contributed by atoms with van der Waals surface area (Å²) in [7, 11) is 0. The van der Waals surface area contributed by atoms with Crippen molar-refractivity contribution in [2.75, 3.05) is 44.7 Å². The van der Waals surface area contributed by atoms with E-state index in [2.05, 4.69) is 23.4 Å². The van der Waals surface area contributed by atoms with Gasteiger partial charge in [-0.2, -0.15) is 11.8 Å². The second-order valence-electron chi connectivity index (χ2n) is 6.28. The fourth-order valence-electron chi connectivity index (χ4n) is 3.35. The number of carbonyl (C=O) groups excluding carboxylic acids is 1. The maximum absolute atomic E-state index is 12.3. The molecule has 1 amide bonds. The standard InChI is InChI=1S/C15H30N4OS/c1-12-11-13(3-5-17-12)18-6-8-19(9-7-18)15(20)14(16)4-10-21-2/h12-14,17H,3-11,16H2,1-2H3/t12?,13?,14-/m0/s1. The molecule has 2 fully saturated rings. The van der Waals surface area contributed by atoms with Crippen LogP contribution < -0.4 is 11.1 Å². The van der Waals surface area contributed by atoms with Crippen molar-refractivity contribution < 1.29 is 4.79 Å². The van der Waals surface area contributed by atoms with Crippen LogP contribution in [0.3, 0.4) is 0 Å². The summed E-state index contributed by atoms with van der Waals surface area (Å²) in [5.74, 6) is 1.10. The summed E-state index contributed by atoms with van der Waals surface area (Å²) in [6.45, 7) is 7.05. The highest BCUT2D eigenvalue weighted by molar-refractivity contribution is 7.98. The molecule has 2 saturated heterocycles. The molecule has 0 aromatic carbocycles. The Kier molecular flexibility index (Phi) is 6.79. The molecule has 0 saturated carbocycles. The molecule has 0 aromatic heterocycles. The van der Waals surface area contributed by atoms with E-state index in [-0.39, 0.29) is 11.9 Å². The van der Waals surface area contributed by atoms with Gasteiger partial charge in [0.2, 0.25) is 5.91 Å². The van der Waals surface area contributed by atoms with Crippen molar-refractivity contribution in [3.8, 4) is 0 Å². The molecule has 3 N–H and O–H groups in total. The molecule has 21 heavy (non-hydrogen) atoms. The molecule has 0 aliphatic carbocycles. The summed E-state index contributed by atoms with van der Waals surface area (Å²) in [6, 6.07) is 0.981. The first-order valence-electron chi connectivity index (χ1n) is 8.12. The topological polar surface area (TPSA) is 61.6 Å². The van der Waals surface area contributed by atoms with Crippen molar-refractivity contribution in [3.05, 3.63) is 0 Å². The third-order valence-electron chi connectivity index (χ3n) is 4.69. The summed E-state index contributed by atoms with van der Waals surface area (Å²) in [5.41, 5.74) is 6.00. The van der Waals surface area contributed by atoms with E-state index in [9.17, 15) is 4.79 Å². The van der Waals surface area contributed by atoms with Gasteiger partial charge in [0.1, 0.15) is 0 Å². The van der Waals surface area contributed by atoms with Crippen LogP contribution in [0.2, 0.25) is 0 Å². The zero-order valence-corrected chi connectivity index (χ0v) is 14.2. The van der Waals surface area contributed by atoms with Crippen LogP contribution in [0.5, 0.6) is 0 Å². The van der Waals surface area contributed by atoms with Gasteiger partial charge in [-0.25, -0.2) is 0 Å². The number of nitrogens with one attached hydrogen (secondary N) is 1. The molecule has 5 nitrogen and oxygen atoms in total. The Morgan fingerprint density at radius 1 is 1.38 bits per heavy atom. The molecule has 6 heteroatoms. The third-order valence-corrected chi connectivity index (χ3v) is 5.33. The Bertz CT molecular complexity index is 334. The Balaban J connectivity index is 1.76. The molecule has 0 radical (unpaired) electrons. The van der Waals surface area contributed by atoms with Crippen LogP contribution in [0.4, 0.5) is 0 Å². The predicted octanol–water partition coefficient (Wildman–Crippen LogP) is 0.352. The van der Waals surface area contributed by atoms with E-state index in [1.165, 1.54) is 12.8 Å². The molecule has 0 aromatic rings. The Labute approximate surface area is 133 Å². The zero-order chi connectivity index (χ0) is 15.2. The highest BCUT2D eigenvalue weighted by Gasteiger charge is 2.30. The van der Waals surface area contributed by atoms with Gasteiger partial charge in [-0.15, -0.1) is 0 Å². The molecule has 2 heterocycles. The molecule has 2 rings (SSSR count). The maximum Gasteiger partial charge on any atom is 0.239 e. The number of thioether (sulfide) groups is 1. The van der Waals surface area contributed by atoms with E-state index >= 15 is 0 Å². The van der Waals surface area contributed by atoms with Gasteiger partial charge < -0.3 is 16.0 Å². The first-order chi connectivity index (χ1) is 10.1. The van der Waals surface area contributed by atoms with E-state index < -0.39 is 0 Å². The fraction of sp³-hybridized carbons (Fsp3) is 0.933. The summed E-state index contributed by atoms with van der Waals surface area (Å²) in [4.78, 5) is 16.8. The van der Waals surface area contributed by atoms with Gasteiger partial charge in [-0.1, -0.05) is 0 Å². The lowest BCUT2D eigenvalue weighted by molar-refractivity contribution is -0.134. The fourth-order valence-corrected chi connectivity index (χ4v) is 3.84. The van der Waals surface area contributed by atoms with Crippen LogP contribution in [-0.2, 0) is 4.79 Å². The Morgan fingerprint density at radius 3 is 2.71 bits per heavy atom. The summed E-state index contributed by atoms with van der Waals surface area (Å²) in [6.07, 6.45) is 5.29. The van der Waals surface area contributed by atoms with E-state index in [1.54, 1.807) is 11.8 Å². The van der Waals surface area contributed by atoms with Crippen LogP contribution in [0.25, 0.3) is 0 Å². The summed E-state index contributed by atoms with van der Waals surface area (Å²) in [5, 5.41) is 3.50. The van der Waals surface area contributed by atoms with Crippen LogP contribution in [0.1, 0.15) is 26.2 Å². The minimum atomic E-state index is -0.317. The number of nitrogens with zero attached hydrogens (tertiary/aromatic N) is 2. The second kappa shape index (κ2) is 8.36. The smallest absolute Gasteiger partial charge is 0.239 e. The highest BCUT2D eigenvalue weighted by atomic mass is 32.2. The second-order valence-corrected chi connectivity index (χ2v) is 7.27. The quantitative estimate of drug-likeness (QED) is 0.767. The molecule has 2 aliphatic rings. The van der Waals surface area contributed by atoms with Crippen LogP contribution >= 0.6 is 11.8 Å². The molecule has 2 aliphatic heterocycles. The van der Waals surface area contributed by atoms with Gasteiger partial charge in [0.15, 0.2) is 0 Å². The first-order valence-corrected chi connectivity index (χ1v) is 9.52. The lowest BCUT2D eigenvalue weighted by Gasteiger charge is -2.42. The highest BCUT2D eigenvalue weighted by Crippen LogP contribution is 2.18. The minimum Gasteiger partial charge on any atom is -0.339 e. The molecular weight excluding hydrogens is 284 g/mol. The van der Waals surface area contributed by atoms with Gasteiger partial charge in [0, 0.05) is 38.3 Å². The van der Waals surface area contributed by atoms with Crippen molar-refractivity contribution in [1.29, 1.82) is 0 Å². The van der Waals surface area contributed by atoms with Crippen LogP contribution in [0, 0.1) is 0 Å². The molecule has 2 unspecified atom stereocenters. The first kappa shape index (κ1) is 17.1. The maximum atomic E-state index is 12.3. The molecule has 0 spiro atoms. The molecule has 122 valence electrons. The van der Waals surface area contributed by atoms with Crippen LogP contribution in [-0.4, -0.2) is 78.6 Å². The Hall–Kier alpha value is -0.300. The SMILES string of the molecule is CSCC[C@H](N)C(=O)N1CCN(C2CCNC(C)C2)CC1. The number of rotatable bonds is 5. The average Bonchev–Trinajstić information content (AvgIpc) is 2.52. The van der Waals surface area contributed by atoms with Gasteiger partial charge >= 0.3 is 0 Å². The summed E-state index contributed by atoms with van der Waals surface area (Å²) < 4.78 is 0. The van der Waals surface area contributed by atoms with Gasteiger partial charge in [0.25, 0.3) is 0 Å². The van der Waals surface area contributed by atoms with E-state index in [0.29, 0.717) is 12.1 Å². The molecule has 3 atom stereocenters.